The molecule has 13 heteroatoms. The van der Waals surface area contributed by atoms with Crippen molar-refractivity contribution >= 4 is 50.0 Å². The summed E-state index contributed by atoms with van der Waals surface area (Å²) >= 11 is 1.62. The van der Waals surface area contributed by atoms with E-state index in [0.717, 1.165) is 45.1 Å². The lowest BCUT2D eigenvalue weighted by Gasteiger charge is -2.28. The fraction of sp³-hybridized carbons (Fsp3) is 0.346. The molecule has 5 rings (SSSR count). The Morgan fingerprint density at radius 1 is 1.13 bits per heavy atom. The van der Waals surface area contributed by atoms with E-state index in [4.69, 9.17) is 19.4 Å². The maximum Gasteiger partial charge on any atom is 0.341 e. The number of ether oxygens (including phenoxy) is 2. The first-order valence-electron chi connectivity index (χ1n) is 12.5. The lowest BCUT2D eigenvalue weighted by atomic mass is 10.1. The molecule has 4 heterocycles. The van der Waals surface area contributed by atoms with E-state index < -0.39 is 16.7 Å². The van der Waals surface area contributed by atoms with Crippen LogP contribution in [0.1, 0.15) is 27.7 Å². The van der Waals surface area contributed by atoms with Gasteiger partial charge in [0.1, 0.15) is 10.7 Å². The number of fused-ring (bicyclic) bond motifs is 1. The van der Waals surface area contributed by atoms with Crippen molar-refractivity contribution < 1.29 is 22.7 Å². The number of esters is 1. The van der Waals surface area contributed by atoms with Gasteiger partial charge in [-0.25, -0.2) is 33.1 Å². The summed E-state index contributed by atoms with van der Waals surface area (Å²) in [4.78, 5) is 35.6. The van der Waals surface area contributed by atoms with Gasteiger partial charge in [-0.3, -0.25) is 0 Å². The molecule has 1 aromatic carbocycles. The molecule has 1 aliphatic rings. The number of carbonyl (C=O) groups excluding carboxylic acids is 1. The van der Waals surface area contributed by atoms with Gasteiger partial charge in [-0.15, -0.1) is 11.3 Å². The van der Waals surface area contributed by atoms with E-state index in [0.29, 0.717) is 43.7 Å². The summed E-state index contributed by atoms with van der Waals surface area (Å²) in [5.41, 5.74) is 2.68. The fourth-order valence-electron chi connectivity index (χ4n) is 4.21. The van der Waals surface area contributed by atoms with Crippen molar-refractivity contribution in [2.45, 2.75) is 19.2 Å². The van der Waals surface area contributed by atoms with E-state index in [-0.39, 0.29) is 5.75 Å². The Morgan fingerprint density at radius 2 is 1.85 bits per heavy atom. The first kappa shape index (κ1) is 26.9. The normalized spacial score (nSPS) is 13.7. The van der Waals surface area contributed by atoms with E-state index in [2.05, 4.69) is 20.9 Å². The zero-order valence-corrected chi connectivity index (χ0v) is 23.3. The van der Waals surface area contributed by atoms with E-state index >= 15 is 0 Å². The van der Waals surface area contributed by atoms with Crippen molar-refractivity contribution in [2.75, 3.05) is 49.8 Å². The lowest BCUT2D eigenvalue weighted by Crippen LogP contribution is -2.36. The van der Waals surface area contributed by atoms with Crippen LogP contribution in [-0.4, -0.2) is 74.3 Å². The van der Waals surface area contributed by atoms with Crippen LogP contribution in [0.4, 0.5) is 11.8 Å². The van der Waals surface area contributed by atoms with Gasteiger partial charge in [0.25, 0.3) is 0 Å². The van der Waals surface area contributed by atoms with Crippen LogP contribution in [0.2, 0.25) is 0 Å². The van der Waals surface area contributed by atoms with Gasteiger partial charge < -0.3 is 19.3 Å². The smallest absolute Gasteiger partial charge is 0.341 e. The third-order valence-corrected chi connectivity index (χ3v) is 7.85. The maximum absolute atomic E-state index is 11.9. The summed E-state index contributed by atoms with van der Waals surface area (Å²) in [7, 11) is -0.598. The standard InChI is InChI=1S/C26H28N6O5S2/c1-3-37-25(33)19-13-27-26(28-14-19)31(2)15-20-12-21-22(38-20)24(32-8-10-36-11-9-32)30-23(29-21)18-6-4-17(5-7-18)16-39(34)35/h4-7,12-14,39H,3,8-11,15-16H2,1-2H3. The number of anilines is 2. The Kier molecular flexibility index (Phi) is 8.29. The van der Waals surface area contributed by atoms with Gasteiger partial charge in [0.2, 0.25) is 5.95 Å². The van der Waals surface area contributed by atoms with Gasteiger partial charge in [0, 0.05) is 43.0 Å². The van der Waals surface area contributed by atoms with Crippen LogP contribution in [0.3, 0.4) is 0 Å². The zero-order chi connectivity index (χ0) is 27.4. The molecule has 39 heavy (non-hydrogen) atoms. The highest BCUT2D eigenvalue weighted by Gasteiger charge is 2.21. The van der Waals surface area contributed by atoms with E-state index in [1.165, 1.54) is 12.4 Å². The molecule has 11 nitrogen and oxygen atoms in total. The minimum absolute atomic E-state index is 0.00517. The summed E-state index contributed by atoms with van der Waals surface area (Å²) < 4.78 is 33.7. The van der Waals surface area contributed by atoms with Gasteiger partial charge in [0.05, 0.1) is 47.9 Å². The second-order valence-corrected chi connectivity index (χ2v) is 11.1. The average Bonchev–Trinajstić information content (AvgIpc) is 3.35. The van der Waals surface area contributed by atoms with E-state index in [1.54, 1.807) is 30.4 Å². The average molecular weight is 569 g/mol. The molecule has 0 unspecified atom stereocenters. The SMILES string of the molecule is CCOC(=O)c1cnc(N(C)Cc2cc3nc(-c4ccc(C[SH](=O)=O)cc4)nc(N4CCOCC4)c3s2)nc1. The molecule has 1 fully saturated rings. The summed E-state index contributed by atoms with van der Waals surface area (Å²) in [5, 5.41) is 0. The third-order valence-electron chi connectivity index (χ3n) is 6.12. The molecule has 0 bridgehead atoms. The Labute approximate surface area is 231 Å². The molecule has 1 saturated heterocycles. The molecule has 3 aromatic heterocycles. The van der Waals surface area contributed by atoms with E-state index in [9.17, 15) is 13.2 Å². The lowest BCUT2D eigenvalue weighted by molar-refractivity contribution is 0.0525. The molecule has 0 N–H and O–H groups in total. The van der Waals surface area contributed by atoms with Crippen LogP contribution in [0.15, 0.2) is 42.7 Å². The number of aromatic nitrogens is 4. The molecular weight excluding hydrogens is 540 g/mol. The first-order valence-corrected chi connectivity index (χ1v) is 14.6. The molecule has 0 saturated carbocycles. The van der Waals surface area contributed by atoms with Gasteiger partial charge in [-0.1, -0.05) is 24.3 Å². The molecule has 0 atom stereocenters. The van der Waals surface area contributed by atoms with Crippen LogP contribution in [0.5, 0.6) is 0 Å². The fourth-order valence-corrected chi connectivity index (χ4v) is 5.89. The van der Waals surface area contributed by atoms with Crippen LogP contribution < -0.4 is 9.80 Å². The molecule has 0 spiro atoms. The summed E-state index contributed by atoms with van der Waals surface area (Å²) in [6.07, 6.45) is 2.94. The monoisotopic (exact) mass is 568 g/mol. The van der Waals surface area contributed by atoms with Crippen molar-refractivity contribution in [2.24, 2.45) is 0 Å². The number of rotatable bonds is 9. The number of nitrogens with zero attached hydrogens (tertiary/aromatic N) is 6. The third kappa shape index (κ3) is 6.32. The highest BCUT2D eigenvalue weighted by molar-refractivity contribution is 7.71. The Morgan fingerprint density at radius 3 is 2.51 bits per heavy atom. The van der Waals surface area contributed by atoms with Gasteiger partial charge in [0.15, 0.2) is 11.6 Å². The van der Waals surface area contributed by atoms with Gasteiger partial charge in [-0.05, 0) is 18.6 Å². The Balaban J connectivity index is 1.44. The predicted octanol–water partition coefficient (Wildman–Crippen LogP) is 2.91. The predicted molar refractivity (Wildman–Crippen MR) is 150 cm³/mol. The van der Waals surface area contributed by atoms with Crippen LogP contribution >= 0.6 is 11.3 Å². The molecular formula is C26H28N6O5S2. The second kappa shape index (κ2) is 12.0. The molecule has 0 aliphatic carbocycles. The van der Waals surface area contributed by atoms with Crippen molar-refractivity contribution in [3.05, 3.63) is 58.7 Å². The number of hydrogen-bond acceptors (Lipinski definition) is 12. The maximum atomic E-state index is 11.9. The quantitative estimate of drug-likeness (QED) is 0.236. The van der Waals surface area contributed by atoms with Crippen LogP contribution in [0, 0.1) is 0 Å². The number of morpholine rings is 1. The summed E-state index contributed by atoms with van der Waals surface area (Å²) in [6.45, 7) is 5.30. The second-order valence-electron chi connectivity index (χ2n) is 8.93. The minimum atomic E-state index is -2.49. The molecule has 204 valence electrons. The number of hydrogen-bond donors (Lipinski definition) is 1. The Bertz CT molecular complexity index is 1530. The van der Waals surface area contributed by atoms with Crippen LogP contribution in [-0.2, 0) is 32.5 Å². The number of carbonyl (C=O) groups is 1. The van der Waals surface area contributed by atoms with Crippen molar-refractivity contribution in [1.29, 1.82) is 0 Å². The molecule has 0 amide bonds. The number of thiophene rings is 1. The summed E-state index contributed by atoms with van der Waals surface area (Å²) in [6, 6.07) is 9.36. The molecule has 0 radical (unpaired) electrons. The van der Waals surface area contributed by atoms with E-state index in [1.807, 2.05) is 24.1 Å². The van der Waals surface area contributed by atoms with Crippen molar-refractivity contribution in [3.63, 3.8) is 0 Å². The van der Waals surface area contributed by atoms with Crippen molar-refractivity contribution in [1.82, 2.24) is 19.9 Å². The van der Waals surface area contributed by atoms with Gasteiger partial charge in [-0.2, -0.15) is 0 Å². The Hall–Kier alpha value is -3.68. The largest absolute Gasteiger partial charge is 0.462 e. The van der Waals surface area contributed by atoms with Crippen molar-refractivity contribution in [3.8, 4) is 11.4 Å². The first-order chi connectivity index (χ1) is 18.9. The summed E-state index contributed by atoms with van der Waals surface area (Å²) in [5.74, 6) is 1.49. The minimum Gasteiger partial charge on any atom is -0.462 e. The van der Waals surface area contributed by atoms with Gasteiger partial charge >= 0.3 is 5.97 Å². The highest BCUT2D eigenvalue weighted by Crippen LogP contribution is 2.35. The number of benzene rings is 1. The molecule has 4 aromatic rings. The highest BCUT2D eigenvalue weighted by atomic mass is 32.2. The number of thiol groups is 1. The zero-order valence-electron chi connectivity index (χ0n) is 21.6. The topological polar surface area (TPSA) is 128 Å². The molecule has 1 aliphatic heterocycles. The van der Waals surface area contributed by atoms with Crippen LogP contribution in [0.25, 0.3) is 21.6 Å².